The first-order valence-electron chi connectivity index (χ1n) is 6.06. The number of thiazole rings is 1. The number of hydrogen-bond donors (Lipinski definition) is 2. The maximum absolute atomic E-state index is 12.2. The minimum Gasteiger partial charge on any atom is -0.325 e. The summed E-state index contributed by atoms with van der Waals surface area (Å²) in [7, 11) is 0. The Kier molecular flexibility index (Phi) is 3.41. The predicted octanol–water partition coefficient (Wildman–Crippen LogP) is 2.40. The van der Waals surface area contributed by atoms with E-state index in [4.69, 9.17) is 5.73 Å². The third-order valence-electron chi connectivity index (χ3n) is 2.89. The van der Waals surface area contributed by atoms with E-state index in [1.165, 1.54) is 11.3 Å². The molecule has 0 radical (unpaired) electrons. The minimum atomic E-state index is -0.231. The molecule has 0 bridgehead atoms. The highest BCUT2D eigenvalue weighted by Crippen LogP contribution is 2.22. The van der Waals surface area contributed by atoms with Gasteiger partial charge in [-0.3, -0.25) is 9.78 Å². The van der Waals surface area contributed by atoms with E-state index in [9.17, 15) is 4.79 Å². The van der Waals surface area contributed by atoms with Crippen LogP contribution in [0.2, 0.25) is 0 Å². The fourth-order valence-corrected chi connectivity index (χ4v) is 2.58. The van der Waals surface area contributed by atoms with Gasteiger partial charge in [0, 0.05) is 40.8 Å². The van der Waals surface area contributed by atoms with Crippen molar-refractivity contribution >= 4 is 33.7 Å². The number of nitrogens with one attached hydrogen (secondary N) is 1. The van der Waals surface area contributed by atoms with Gasteiger partial charge >= 0.3 is 0 Å². The Labute approximate surface area is 119 Å². The molecule has 0 unspecified atom stereocenters. The fourth-order valence-electron chi connectivity index (χ4n) is 1.93. The van der Waals surface area contributed by atoms with Gasteiger partial charge in [-0.2, -0.15) is 0 Å². The second kappa shape index (κ2) is 5.36. The molecule has 1 amide bonds. The third-order valence-corrected chi connectivity index (χ3v) is 3.76. The number of hydrogen-bond acceptors (Lipinski definition) is 5. The molecule has 0 aliphatic rings. The fraction of sp³-hybridized carbons (Fsp3) is 0.0714. The second-order valence-corrected chi connectivity index (χ2v) is 5.13. The predicted molar refractivity (Wildman–Crippen MR) is 79.7 cm³/mol. The summed E-state index contributed by atoms with van der Waals surface area (Å²) in [5.41, 5.74) is 6.64. The Morgan fingerprint density at radius 2 is 2.25 bits per heavy atom. The largest absolute Gasteiger partial charge is 0.325 e. The number of aromatic nitrogens is 2. The molecule has 0 atom stereocenters. The van der Waals surface area contributed by atoms with Crippen molar-refractivity contribution in [2.24, 2.45) is 5.73 Å². The Bertz CT molecular complexity index is 763. The van der Waals surface area contributed by atoms with Crippen LogP contribution >= 0.6 is 11.3 Å². The lowest BCUT2D eigenvalue weighted by atomic mass is 10.1. The molecular weight excluding hydrogens is 272 g/mol. The van der Waals surface area contributed by atoms with Crippen molar-refractivity contribution in [2.75, 3.05) is 5.32 Å². The van der Waals surface area contributed by atoms with Gasteiger partial charge in [0.2, 0.25) is 0 Å². The third kappa shape index (κ3) is 2.38. The Morgan fingerprint density at radius 1 is 1.35 bits per heavy atom. The molecule has 3 N–H and O–H groups in total. The highest BCUT2D eigenvalue weighted by Gasteiger charge is 2.11. The quantitative estimate of drug-likeness (QED) is 0.774. The average molecular weight is 284 g/mol. The zero-order chi connectivity index (χ0) is 13.9. The zero-order valence-corrected chi connectivity index (χ0v) is 11.4. The number of carbonyl (C=O) groups excluding carboxylic acids is 1. The summed E-state index contributed by atoms with van der Waals surface area (Å²) in [6.45, 7) is 0.345. The van der Waals surface area contributed by atoms with Crippen LogP contribution in [0.25, 0.3) is 10.8 Å². The molecule has 100 valence electrons. The number of pyridine rings is 1. The standard InChI is InChI=1S/C14H12N4OS/c15-6-13-17-12(8-20-13)14(19)18-11-3-1-2-9-7-16-5-4-10(9)11/h1-5,7-8H,6,15H2,(H,18,19). The van der Waals surface area contributed by atoms with E-state index in [0.29, 0.717) is 12.2 Å². The van der Waals surface area contributed by atoms with Crippen LogP contribution in [0.3, 0.4) is 0 Å². The van der Waals surface area contributed by atoms with E-state index < -0.39 is 0 Å². The number of carbonyl (C=O) groups is 1. The highest BCUT2D eigenvalue weighted by atomic mass is 32.1. The Morgan fingerprint density at radius 3 is 3.05 bits per heavy atom. The highest BCUT2D eigenvalue weighted by molar-refractivity contribution is 7.09. The smallest absolute Gasteiger partial charge is 0.275 e. The summed E-state index contributed by atoms with van der Waals surface area (Å²) in [6.07, 6.45) is 3.47. The normalized spacial score (nSPS) is 10.7. The van der Waals surface area contributed by atoms with Crippen molar-refractivity contribution in [1.82, 2.24) is 9.97 Å². The molecular formula is C14H12N4OS. The lowest BCUT2D eigenvalue weighted by molar-refractivity contribution is 0.102. The van der Waals surface area contributed by atoms with Crippen LogP contribution in [-0.4, -0.2) is 15.9 Å². The molecule has 0 fully saturated rings. The topological polar surface area (TPSA) is 80.9 Å². The number of fused-ring (bicyclic) bond motifs is 1. The van der Waals surface area contributed by atoms with Gasteiger partial charge in [0.25, 0.3) is 5.91 Å². The van der Waals surface area contributed by atoms with Gasteiger partial charge in [0.05, 0.1) is 0 Å². The van der Waals surface area contributed by atoms with Crippen LogP contribution in [0.4, 0.5) is 5.69 Å². The van der Waals surface area contributed by atoms with E-state index in [1.54, 1.807) is 17.8 Å². The molecule has 0 aliphatic carbocycles. The lowest BCUT2D eigenvalue weighted by Gasteiger charge is -2.07. The number of rotatable bonds is 3. The molecule has 3 aromatic rings. The van der Waals surface area contributed by atoms with Crippen LogP contribution in [0, 0.1) is 0 Å². The van der Waals surface area contributed by atoms with Crippen LogP contribution in [0.5, 0.6) is 0 Å². The molecule has 0 spiro atoms. The van der Waals surface area contributed by atoms with Gasteiger partial charge in [-0.15, -0.1) is 11.3 Å². The van der Waals surface area contributed by atoms with Crippen LogP contribution in [0.1, 0.15) is 15.5 Å². The molecule has 0 aliphatic heterocycles. The van der Waals surface area contributed by atoms with E-state index in [0.717, 1.165) is 21.5 Å². The second-order valence-electron chi connectivity index (χ2n) is 4.19. The summed E-state index contributed by atoms with van der Waals surface area (Å²) < 4.78 is 0. The number of amides is 1. The van der Waals surface area contributed by atoms with E-state index in [1.807, 2.05) is 24.3 Å². The summed E-state index contributed by atoms with van der Waals surface area (Å²) in [5.74, 6) is -0.231. The van der Waals surface area contributed by atoms with Crippen molar-refractivity contribution in [3.63, 3.8) is 0 Å². The van der Waals surface area contributed by atoms with E-state index in [2.05, 4.69) is 15.3 Å². The van der Waals surface area contributed by atoms with E-state index in [-0.39, 0.29) is 5.91 Å². The molecule has 5 nitrogen and oxygen atoms in total. The molecule has 2 aromatic heterocycles. The molecule has 6 heteroatoms. The summed E-state index contributed by atoms with van der Waals surface area (Å²) >= 11 is 1.39. The van der Waals surface area contributed by atoms with Crippen LogP contribution < -0.4 is 11.1 Å². The molecule has 0 saturated heterocycles. The monoisotopic (exact) mass is 284 g/mol. The van der Waals surface area contributed by atoms with Gasteiger partial charge < -0.3 is 11.1 Å². The van der Waals surface area contributed by atoms with Crippen molar-refractivity contribution in [3.05, 3.63) is 52.7 Å². The van der Waals surface area contributed by atoms with Crippen molar-refractivity contribution < 1.29 is 4.79 Å². The van der Waals surface area contributed by atoms with Crippen LogP contribution in [-0.2, 0) is 6.54 Å². The van der Waals surface area contributed by atoms with Gasteiger partial charge in [0.15, 0.2) is 0 Å². The zero-order valence-electron chi connectivity index (χ0n) is 10.5. The maximum Gasteiger partial charge on any atom is 0.275 e. The number of benzene rings is 1. The summed E-state index contributed by atoms with van der Waals surface area (Å²) in [6, 6.07) is 7.56. The van der Waals surface area contributed by atoms with E-state index >= 15 is 0 Å². The Hall–Kier alpha value is -2.31. The first-order chi connectivity index (χ1) is 9.78. The van der Waals surface area contributed by atoms with Gasteiger partial charge in [-0.1, -0.05) is 12.1 Å². The van der Waals surface area contributed by atoms with Crippen molar-refractivity contribution in [2.45, 2.75) is 6.54 Å². The molecule has 2 heterocycles. The summed E-state index contributed by atoms with van der Waals surface area (Å²) in [4.78, 5) is 20.4. The first kappa shape index (κ1) is 12.7. The van der Waals surface area contributed by atoms with Gasteiger partial charge in [-0.25, -0.2) is 4.98 Å². The molecule has 20 heavy (non-hydrogen) atoms. The van der Waals surface area contributed by atoms with Gasteiger partial charge in [-0.05, 0) is 12.1 Å². The average Bonchev–Trinajstić information content (AvgIpc) is 2.97. The molecule has 1 aromatic carbocycles. The minimum absolute atomic E-state index is 0.231. The van der Waals surface area contributed by atoms with Crippen LogP contribution in [0.15, 0.2) is 42.0 Å². The number of nitrogens with two attached hydrogens (primary N) is 1. The number of anilines is 1. The van der Waals surface area contributed by atoms with Crippen molar-refractivity contribution in [3.8, 4) is 0 Å². The maximum atomic E-state index is 12.2. The molecule has 0 saturated carbocycles. The number of nitrogens with zero attached hydrogens (tertiary/aromatic N) is 2. The first-order valence-corrected chi connectivity index (χ1v) is 6.94. The van der Waals surface area contributed by atoms with Crippen molar-refractivity contribution in [1.29, 1.82) is 0 Å². The Balaban J connectivity index is 1.91. The lowest BCUT2D eigenvalue weighted by Crippen LogP contribution is -2.13. The SMILES string of the molecule is NCc1nc(C(=O)Nc2cccc3cnccc23)cs1. The summed E-state index contributed by atoms with van der Waals surface area (Å²) in [5, 5.41) is 7.26. The molecule has 3 rings (SSSR count). The van der Waals surface area contributed by atoms with Gasteiger partial charge in [0.1, 0.15) is 10.7 Å².